The van der Waals surface area contributed by atoms with Crippen LogP contribution in [0.25, 0.3) is 0 Å². The van der Waals surface area contributed by atoms with Crippen LogP contribution in [-0.4, -0.2) is 55.2 Å². The molecule has 0 spiro atoms. The van der Waals surface area contributed by atoms with Crippen LogP contribution in [0.4, 0.5) is 0 Å². The van der Waals surface area contributed by atoms with E-state index in [0.717, 1.165) is 15.4 Å². The molecule has 0 aliphatic carbocycles. The van der Waals surface area contributed by atoms with Gasteiger partial charge in [0.05, 0.1) is 11.1 Å². The number of sulfonamides is 1. The van der Waals surface area contributed by atoms with Crippen LogP contribution in [0.2, 0.25) is 0 Å². The number of amides is 1. The summed E-state index contributed by atoms with van der Waals surface area (Å²) in [7, 11) is -1.01. The Labute approximate surface area is 157 Å². The van der Waals surface area contributed by atoms with Crippen molar-refractivity contribution in [2.45, 2.75) is 25.0 Å². The predicted octanol–water partition coefficient (Wildman–Crippen LogP) is 1.74. The van der Waals surface area contributed by atoms with Crippen molar-refractivity contribution in [3.05, 3.63) is 52.3 Å². The minimum Gasteiger partial charge on any atom is -0.478 e. The number of hydrogen-bond acceptors (Lipinski definition) is 5. The van der Waals surface area contributed by atoms with E-state index in [-0.39, 0.29) is 34.4 Å². The molecule has 8 nitrogen and oxygen atoms in total. The Morgan fingerprint density at radius 2 is 1.89 bits per heavy atom. The third-order valence-corrected chi connectivity index (χ3v) is 6.28. The van der Waals surface area contributed by atoms with E-state index in [1.165, 1.54) is 20.2 Å². The standard InChI is InChI=1S/C18H20N2O6S/c1-11-15(9-16(26-11)27(24,25)19(2)3)17(21)20-7-6-12-4-5-13(18(22)23)8-14(12)10-20/h4-5,8-9H,6-7,10H2,1-3H3,(H,22,23). The molecule has 3 rings (SSSR count). The number of fused-ring (bicyclic) bond motifs is 1. The maximum Gasteiger partial charge on any atom is 0.335 e. The van der Waals surface area contributed by atoms with E-state index in [9.17, 15) is 18.0 Å². The first-order valence-electron chi connectivity index (χ1n) is 8.28. The third-order valence-electron chi connectivity index (χ3n) is 4.61. The predicted molar refractivity (Wildman–Crippen MR) is 96.2 cm³/mol. The van der Waals surface area contributed by atoms with Crippen LogP contribution in [0, 0.1) is 6.92 Å². The van der Waals surface area contributed by atoms with Crippen molar-refractivity contribution in [2.24, 2.45) is 0 Å². The van der Waals surface area contributed by atoms with E-state index < -0.39 is 16.0 Å². The van der Waals surface area contributed by atoms with Gasteiger partial charge in [-0.05, 0) is 36.6 Å². The van der Waals surface area contributed by atoms with Gasteiger partial charge in [0.2, 0.25) is 5.09 Å². The fraction of sp³-hybridized carbons (Fsp3) is 0.333. The van der Waals surface area contributed by atoms with Crippen molar-refractivity contribution in [1.29, 1.82) is 0 Å². The summed E-state index contributed by atoms with van der Waals surface area (Å²) >= 11 is 0. The number of carboxylic acid groups (broad SMARTS) is 1. The highest BCUT2D eigenvalue weighted by atomic mass is 32.2. The van der Waals surface area contributed by atoms with Crippen LogP contribution < -0.4 is 0 Å². The first-order valence-corrected chi connectivity index (χ1v) is 9.72. The van der Waals surface area contributed by atoms with Crippen LogP contribution in [0.3, 0.4) is 0 Å². The van der Waals surface area contributed by atoms with Gasteiger partial charge in [-0.1, -0.05) is 6.07 Å². The monoisotopic (exact) mass is 392 g/mol. The minimum absolute atomic E-state index is 0.168. The first-order chi connectivity index (χ1) is 12.6. The van der Waals surface area contributed by atoms with Crippen molar-refractivity contribution >= 4 is 21.9 Å². The fourth-order valence-corrected chi connectivity index (χ4v) is 3.86. The zero-order chi connectivity index (χ0) is 19.9. The average molecular weight is 392 g/mol. The molecule has 0 saturated carbocycles. The van der Waals surface area contributed by atoms with Gasteiger partial charge in [0.15, 0.2) is 0 Å². The Bertz CT molecular complexity index is 1020. The van der Waals surface area contributed by atoms with Crippen LogP contribution >= 0.6 is 0 Å². The zero-order valence-electron chi connectivity index (χ0n) is 15.2. The molecular weight excluding hydrogens is 372 g/mol. The van der Waals surface area contributed by atoms with Crippen molar-refractivity contribution in [3.8, 4) is 0 Å². The summed E-state index contributed by atoms with van der Waals surface area (Å²) in [6.07, 6.45) is 0.598. The molecule has 1 amide bonds. The number of aromatic carboxylic acids is 1. The molecule has 2 heterocycles. The number of carboxylic acids is 1. The number of carbonyl (C=O) groups excluding carboxylic acids is 1. The highest BCUT2D eigenvalue weighted by Gasteiger charge is 2.29. The summed E-state index contributed by atoms with van der Waals surface area (Å²) in [6, 6.07) is 6.14. The highest BCUT2D eigenvalue weighted by molar-refractivity contribution is 7.88. The number of aryl methyl sites for hydroxylation is 1. The van der Waals surface area contributed by atoms with Gasteiger partial charge in [-0.2, -0.15) is 0 Å². The summed E-state index contributed by atoms with van der Waals surface area (Å²) in [4.78, 5) is 25.6. The lowest BCUT2D eigenvalue weighted by molar-refractivity contribution is 0.0696. The summed E-state index contributed by atoms with van der Waals surface area (Å²) in [5.41, 5.74) is 2.13. The van der Waals surface area contributed by atoms with E-state index in [1.54, 1.807) is 30.0 Å². The summed E-state index contributed by atoms with van der Waals surface area (Å²) in [6.45, 7) is 2.26. The smallest absolute Gasteiger partial charge is 0.335 e. The molecule has 0 radical (unpaired) electrons. The molecule has 144 valence electrons. The van der Waals surface area contributed by atoms with Gasteiger partial charge in [0.1, 0.15) is 5.76 Å². The topological polar surface area (TPSA) is 108 Å². The molecule has 1 N–H and O–H groups in total. The SMILES string of the molecule is Cc1oc(S(=O)(=O)N(C)C)cc1C(=O)N1CCc2ccc(C(=O)O)cc2C1. The second-order valence-corrected chi connectivity index (χ2v) is 8.67. The zero-order valence-corrected chi connectivity index (χ0v) is 16.0. The number of furan rings is 1. The molecule has 1 aromatic carbocycles. The van der Waals surface area contributed by atoms with Crippen LogP contribution in [0.5, 0.6) is 0 Å². The largest absolute Gasteiger partial charge is 0.478 e. The molecule has 9 heteroatoms. The lowest BCUT2D eigenvalue weighted by Gasteiger charge is -2.29. The third kappa shape index (κ3) is 3.47. The fourth-order valence-electron chi connectivity index (χ4n) is 3.01. The maximum atomic E-state index is 12.9. The molecule has 0 unspecified atom stereocenters. The van der Waals surface area contributed by atoms with Crippen molar-refractivity contribution in [2.75, 3.05) is 20.6 Å². The normalized spacial score (nSPS) is 14.3. The molecule has 0 fully saturated rings. The number of carbonyl (C=O) groups is 2. The van der Waals surface area contributed by atoms with E-state index in [2.05, 4.69) is 0 Å². The van der Waals surface area contributed by atoms with Crippen LogP contribution in [0.15, 0.2) is 33.8 Å². The lowest BCUT2D eigenvalue weighted by Crippen LogP contribution is -2.36. The van der Waals surface area contributed by atoms with Gasteiger partial charge in [-0.15, -0.1) is 0 Å². The van der Waals surface area contributed by atoms with E-state index in [4.69, 9.17) is 9.52 Å². The number of nitrogens with zero attached hydrogens (tertiary/aromatic N) is 2. The highest BCUT2D eigenvalue weighted by Crippen LogP contribution is 2.26. The average Bonchev–Trinajstić information content (AvgIpc) is 3.02. The first kappa shape index (κ1) is 19.1. The molecule has 1 aromatic heterocycles. The van der Waals surface area contributed by atoms with Gasteiger partial charge in [-0.3, -0.25) is 4.79 Å². The van der Waals surface area contributed by atoms with Gasteiger partial charge in [0.25, 0.3) is 15.9 Å². The summed E-state index contributed by atoms with van der Waals surface area (Å²) in [5, 5.41) is 8.87. The van der Waals surface area contributed by atoms with E-state index in [0.29, 0.717) is 13.0 Å². The maximum absolute atomic E-state index is 12.9. The van der Waals surface area contributed by atoms with Gasteiger partial charge >= 0.3 is 5.97 Å². The second kappa shape index (κ2) is 6.82. The Hall–Kier alpha value is -2.65. The number of rotatable bonds is 4. The molecule has 0 atom stereocenters. The molecule has 2 aromatic rings. The van der Waals surface area contributed by atoms with Gasteiger partial charge in [0, 0.05) is 33.3 Å². The summed E-state index contributed by atoms with van der Waals surface area (Å²) < 4.78 is 30.8. The summed E-state index contributed by atoms with van der Waals surface area (Å²) in [5.74, 6) is -1.14. The minimum atomic E-state index is -3.78. The Morgan fingerprint density at radius 3 is 2.52 bits per heavy atom. The molecule has 1 aliphatic heterocycles. The van der Waals surface area contributed by atoms with Gasteiger partial charge < -0.3 is 14.4 Å². The molecule has 1 aliphatic rings. The van der Waals surface area contributed by atoms with Gasteiger partial charge in [-0.25, -0.2) is 17.5 Å². The quantitative estimate of drug-likeness (QED) is 0.849. The number of hydrogen-bond donors (Lipinski definition) is 1. The van der Waals surface area contributed by atoms with E-state index >= 15 is 0 Å². The Kier molecular flexibility index (Phi) is 4.83. The Balaban J connectivity index is 1.89. The van der Waals surface area contributed by atoms with E-state index in [1.807, 2.05) is 0 Å². The molecular formula is C18H20N2O6S. The Morgan fingerprint density at radius 1 is 1.19 bits per heavy atom. The van der Waals surface area contributed by atoms with Crippen LogP contribution in [-0.2, 0) is 23.0 Å². The molecule has 27 heavy (non-hydrogen) atoms. The van der Waals surface area contributed by atoms with Crippen LogP contribution in [0.1, 0.15) is 37.6 Å². The molecule has 0 saturated heterocycles. The van der Waals surface area contributed by atoms with Crippen molar-refractivity contribution in [1.82, 2.24) is 9.21 Å². The lowest BCUT2D eigenvalue weighted by atomic mass is 9.97. The van der Waals surface area contributed by atoms with Crippen molar-refractivity contribution < 1.29 is 27.5 Å². The van der Waals surface area contributed by atoms with Crippen molar-refractivity contribution in [3.63, 3.8) is 0 Å². The molecule has 0 bridgehead atoms. The second-order valence-electron chi connectivity index (χ2n) is 6.59. The number of benzene rings is 1.